The van der Waals surface area contributed by atoms with Crippen molar-refractivity contribution in [2.45, 2.75) is 63.5 Å². The molecule has 7 nitrogen and oxygen atoms in total. The zero-order chi connectivity index (χ0) is 24.1. The van der Waals surface area contributed by atoms with Crippen molar-refractivity contribution >= 4 is 18.0 Å². The van der Waals surface area contributed by atoms with Gasteiger partial charge in [0.1, 0.15) is 18.7 Å². The summed E-state index contributed by atoms with van der Waals surface area (Å²) >= 11 is 0. The lowest BCUT2D eigenvalue weighted by molar-refractivity contribution is -0.142. The second-order valence-electron chi connectivity index (χ2n) is 9.33. The maximum atomic E-state index is 12.6. The van der Waals surface area contributed by atoms with E-state index in [4.69, 9.17) is 4.74 Å². The van der Waals surface area contributed by atoms with E-state index in [2.05, 4.69) is 22.8 Å². The number of amides is 2. The van der Waals surface area contributed by atoms with Gasteiger partial charge in [-0.2, -0.15) is 0 Å². The van der Waals surface area contributed by atoms with E-state index in [0.717, 1.165) is 47.9 Å². The molecule has 0 aliphatic heterocycles. The van der Waals surface area contributed by atoms with Crippen molar-refractivity contribution in [1.29, 1.82) is 0 Å². The maximum absolute atomic E-state index is 12.6. The van der Waals surface area contributed by atoms with E-state index in [-0.39, 0.29) is 12.5 Å². The third-order valence-electron chi connectivity index (χ3n) is 6.98. The predicted octanol–water partition coefficient (Wildman–Crippen LogP) is 4.45. The third-order valence-corrected chi connectivity index (χ3v) is 6.98. The van der Waals surface area contributed by atoms with Crippen molar-refractivity contribution < 1.29 is 24.2 Å². The highest BCUT2D eigenvalue weighted by atomic mass is 16.5. The lowest BCUT2D eigenvalue weighted by atomic mass is 9.85. The summed E-state index contributed by atoms with van der Waals surface area (Å²) in [5.41, 5.74) is 4.48. The van der Waals surface area contributed by atoms with Crippen molar-refractivity contribution in [3.8, 4) is 11.1 Å². The molecule has 2 atom stereocenters. The van der Waals surface area contributed by atoms with Gasteiger partial charge in [0.05, 0.1) is 0 Å². The van der Waals surface area contributed by atoms with Crippen LogP contribution in [0.3, 0.4) is 0 Å². The van der Waals surface area contributed by atoms with Gasteiger partial charge in [0.15, 0.2) is 0 Å². The molecule has 0 aromatic heterocycles. The third kappa shape index (κ3) is 5.41. The lowest BCUT2D eigenvalue weighted by Gasteiger charge is -2.26. The number of hydrogen-bond donors (Lipinski definition) is 3. The SMILES string of the molecule is C[C@H](NC(=O)OCC1c2ccccc2-c2ccccc21)C(=O)N[C@@H](CC1CCCCC1)C(=O)O. The molecule has 2 aromatic rings. The van der Waals surface area contributed by atoms with Crippen LogP contribution in [-0.4, -0.2) is 41.8 Å². The molecular weight excluding hydrogens is 432 g/mol. The molecular formula is C27H32N2O5. The van der Waals surface area contributed by atoms with Crippen LogP contribution in [0, 0.1) is 5.92 Å². The van der Waals surface area contributed by atoms with Crippen molar-refractivity contribution in [1.82, 2.24) is 10.6 Å². The number of rotatable bonds is 8. The molecule has 2 aliphatic rings. The topological polar surface area (TPSA) is 105 Å². The molecule has 0 unspecified atom stereocenters. The van der Waals surface area contributed by atoms with Gasteiger partial charge >= 0.3 is 12.1 Å². The molecule has 2 aromatic carbocycles. The molecule has 1 fully saturated rings. The van der Waals surface area contributed by atoms with Gasteiger partial charge in [-0.25, -0.2) is 9.59 Å². The molecule has 0 heterocycles. The molecule has 4 rings (SSSR count). The lowest BCUT2D eigenvalue weighted by Crippen LogP contribution is -2.51. The normalized spacial score (nSPS) is 17.2. The summed E-state index contributed by atoms with van der Waals surface area (Å²) in [6, 6.07) is 14.2. The molecule has 3 N–H and O–H groups in total. The Morgan fingerprint density at radius 3 is 2.12 bits per heavy atom. The zero-order valence-corrected chi connectivity index (χ0v) is 19.5. The van der Waals surface area contributed by atoms with Crippen LogP contribution in [0.2, 0.25) is 0 Å². The van der Waals surface area contributed by atoms with Crippen LogP contribution in [0.1, 0.15) is 62.5 Å². The number of hydrogen-bond acceptors (Lipinski definition) is 4. The number of aliphatic carboxylic acids is 1. The fourth-order valence-corrected chi connectivity index (χ4v) is 5.16. The second kappa shape index (κ2) is 10.7. The fraction of sp³-hybridized carbons (Fsp3) is 0.444. The summed E-state index contributed by atoms with van der Waals surface area (Å²) in [5, 5.41) is 14.7. The smallest absolute Gasteiger partial charge is 0.407 e. The Morgan fingerprint density at radius 1 is 0.941 bits per heavy atom. The molecule has 180 valence electrons. The number of nitrogens with one attached hydrogen (secondary N) is 2. The van der Waals surface area contributed by atoms with Crippen LogP contribution < -0.4 is 10.6 Å². The summed E-state index contributed by atoms with van der Waals surface area (Å²) < 4.78 is 5.49. The van der Waals surface area contributed by atoms with E-state index >= 15 is 0 Å². The summed E-state index contributed by atoms with van der Waals surface area (Å²) in [6.45, 7) is 1.67. The fourth-order valence-electron chi connectivity index (χ4n) is 5.16. The quantitative estimate of drug-likeness (QED) is 0.535. The number of carboxylic acids is 1. The molecule has 0 spiro atoms. The molecule has 0 radical (unpaired) electrons. The van der Waals surface area contributed by atoms with Gasteiger partial charge in [0.25, 0.3) is 0 Å². The predicted molar refractivity (Wildman–Crippen MR) is 128 cm³/mol. The molecule has 1 saturated carbocycles. The van der Waals surface area contributed by atoms with Gasteiger partial charge in [-0.1, -0.05) is 80.6 Å². The summed E-state index contributed by atoms with van der Waals surface area (Å²) in [7, 11) is 0. The minimum Gasteiger partial charge on any atom is -0.480 e. The number of carbonyl (C=O) groups excluding carboxylic acids is 2. The Labute approximate surface area is 199 Å². The highest BCUT2D eigenvalue weighted by molar-refractivity contribution is 5.89. The van der Waals surface area contributed by atoms with Crippen LogP contribution >= 0.6 is 0 Å². The number of benzene rings is 2. The Balaban J connectivity index is 1.30. The molecule has 2 aliphatic carbocycles. The van der Waals surface area contributed by atoms with E-state index in [9.17, 15) is 19.5 Å². The first-order chi connectivity index (χ1) is 16.4. The average molecular weight is 465 g/mol. The van der Waals surface area contributed by atoms with Gasteiger partial charge < -0.3 is 20.5 Å². The molecule has 2 amide bonds. The summed E-state index contributed by atoms with van der Waals surface area (Å²) in [5.74, 6) is -1.35. The Bertz CT molecular complexity index is 1000. The molecule has 0 saturated heterocycles. The van der Waals surface area contributed by atoms with Crippen molar-refractivity contribution in [2.75, 3.05) is 6.61 Å². The number of carbonyl (C=O) groups is 3. The van der Waals surface area contributed by atoms with Crippen LogP contribution in [0.25, 0.3) is 11.1 Å². The number of alkyl carbamates (subject to hydrolysis) is 1. The van der Waals surface area contributed by atoms with Crippen molar-refractivity contribution in [3.63, 3.8) is 0 Å². The van der Waals surface area contributed by atoms with Gasteiger partial charge in [-0.15, -0.1) is 0 Å². The first kappa shape index (κ1) is 23.8. The van der Waals surface area contributed by atoms with E-state index in [1.54, 1.807) is 0 Å². The average Bonchev–Trinajstić information content (AvgIpc) is 3.16. The van der Waals surface area contributed by atoms with Gasteiger partial charge in [-0.3, -0.25) is 4.79 Å². The standard InChI is InChI=1S/C27H32N2O5/c1-17(25(30)29-24(26(31)32)15-18-9-3-2-4-10-18)28-27(33)34-16-23-21-13-7-5-11-19(21)20-12-6-8-14-22(20)23/h5-8,11-14,17-18,23-24H,2-4,9-10,15-16H2,1H3,(H,28,33)(H,29,30)(H,31,32)/t17-,24-/m0/s1. The van der Waals surface area contributed by atoms with E-state index < -0.39 is 30.1 Å². The minimum atomic E-state index is -1.05. The number of carboxylic acid groups (broad SMARTS) is 1. The Kier molecular flexibility index (Phi) is 7.50. The van der Waals surface area contributed by atoms with Gasteiger partial charge in [0.2, 0.25) is 5.91 Å². The van der Waals surface area contributed by atoms with Crippen molar-refractivity contribution in [3.05, 3.63) is 59.7 Å². The summed E-state index contributed by atoms with van der Waals surface area (Å²) in [4.78, 5) is 36.7. The van der Waals surface area contributed by atoms with E-state index in [1.807, 2.05) is 36.4 Å². The Hall–Kier alpha value is -3.35. The highest BCUT2D eigenvalue weighted by Gasteiger charge is 2.30. The van der Waals surface area contributed by atoms with E-state index in [1.165, 1.54) is 13.3 Å². The first-order valence-corrected chi connectivity index (χ1v) is 12.1. The Morgan fingerprint density at radius 2 is 1.53 bits per heavy atom. The van der Waals surface area contributed by atoms with Crippen LogP contribution in [-0.2, 0) is 14.3 Å². The number of ether oxygens (including phenoxy) is 1. The highest BCUT2D eigenvalue weighted by Crippen LogP contribution is 2.44. The van der Waals surface area contributed by atoms with Gasteiger partial charge in [0, 0.05) is 5.92 Å². The number of fused-ring (bicyclic) bond motifs is 3. The first-order valence-electron chi connectivity index (χ1n) is 12.1. The monoisotopic (exact) mass is 464 g/mol. The van der Waals surface area contributed by atoms with Crippen LogP contribution in [0.5, 0.6) is 0 Å². The largest absolute Gasteiger partial charge is 0.480 e. The molecule has 34 heavy (non-hydrogen) atoms. The minimum absolute atomic E-state index is 0.0748. The van der Waals surface area contributed by atoms with Gasteiger partial charge in [-0.05, 0) is 41.5 Å². The zero-order valence-electron chi connectivity index (χ0n) is 19.5. The maximum Gasteiger partial charge on any atom is 0.407 e. The van der Waals surface area contributed by atoms with Crippen LogP contribution in [0.4, 0.5) is 4.79 Å². The second-order valence-corrected chi connectivity index (χ2v) is 9.33. The summed E-state index contributed by atoms with van der Waals surface area (Å²) in [6.07, 6.45) is 5.08. The molecule has 7 heteroatoms. The van der Waals surface area contributed by atoms with Crippen LogP contribution in [0.15, 0.2) is 48.5 Å². The van der Waals surface area contributed by atoms with Crippen molar-refractivity contribution in [2.24, 2.45) is 5.92 Å². The van der Waals surface area contributed by atoms with E-state index in [0.29, 0.717) is 12.3 Å². The molecule has 0 bridgehead atoms.